The third-order valence-electron chi connectivity index (χ3n) is 1.86. The zero-order valence-electron chi connectivity index (χ0n) is 7.00. The van der Waals surface area contributed by atoms with Crippen LogP contribution >= 0.6 is 11.8 Å². The molecule has 0 aliphatic carbocycles. The second kappa shape index (κ2) is 3.45. The van der Waals surface area contributed by atoms with Gasteiger partial charge in [-0.05, 0) is 19.9 Å². The molecule has 1 fully saturated rings. The molecule has 2 heterocycles. The van der Waals surface area contributed by atoms with Crippen LogP contribution in [0, 0.1) is 6.92 Å². The van der Waals surface area contributed by atoms with Crippen LogP contribution in [0.15, 0.2) is 5.16 Å². The fourth-order valence-electron chi connectivity index (χ4n) is 1.25. The molecule has 1 aromatic rings. The Kier molecular flexibility index (Phi) is 2.32. The van der Waals surface area contributed by atoms with Crippen molar-refractivity contribution in [3.05, 3.63) is 5.82 Å². The van der Waals surface area contributed by atoms with Gasteiger partial charge in [-0.25, -0.2) is 4.98 Å². The molecule has 12 heavy (non-hydrogen) atoms. The molecule has 2 rings (SSSR count). The highest BCUT2D eigenvalue weighted by atomic mass is 32.2. The number of nitrogens with zero attached hydrogens (tertiary/aromatic N) is 2. The Morgan fingerprint density at radius 1 is 1.58 bits per heavy atom. The van der Waals surface area contributed by atoms with Crippen LogP contribution in [0.5, 0.6) is 0 Å². The van der Waals surface area contributed by atoms with Gasteiger partial charge in [-0.15, -0.1) is 5.10 Å². The van der Waals surface area contributed by atoms with Crippen LogP contribution in [-0.2, 0) is 0 Å². The number of nitrogens with one attached hydrogen (secondary N) is 2. The molecule has 1 saturated heterocycles. The second-order valence-electron chi connectivity index (χ2n) is 2.94. The van der Waals surface area contributed by atoms with Gasteiger partial charge in [0.05, 0.1) is 0 Å². The predicted molar refractivity (Wildman–Crippen MR) is 48.3 cm³/mol. The van der Waals surface area contributed by atoms with Gasteiger partial charge in [0.15, 0.2) is 0 Å². The summed E-state index contributed by atoms with van der Waals surface area (Å²) in [5.74, 6) is 0.892. The van der Waals surface area contributed by atoms with Crippen molar-refractivity contribution in [2.75, 3.05) is 13.1 Å². The molecule has 1 aliphatic rings. The Balaban J connectivity index is 1.94. The van der Waals surface area contributed by atoms with E-state index in [4.69, 9.17) is 0 Å². The van der Waals surface area contributed by atoms with Crippen molar-refractivity contribution in [2.45, 2.75) is 23.8 Å². The molecule has 5 heteroatoms. The topological polar surface area (TPSA) is 53.6 Å². The summed E-state index contributed by atoms with van der Waals surface area (Å²) in [6.45, 7) is 4.13. The summed E-state index contributed by atoms with van der Waals surface area (Å²) in [7, 11) is 0. The quantitative estimate of drug-likeness (QED) is 0.705. The van der Waals surface area contributed by atoms with Gasteiger partial charge in [-0.1, -0.05) is 11.8 Å². The molecule has 0 aromatic carbocycles. The van der Waals surface area contributed by atoms with E-state index in [1.807, 2.05) is 6.92 Å². The summed E-state index contributed by atoms with van der Waals surface area (Å²) in [5.41, 5.74) is 0. The minimum Gasteiger partial charge on any atom is -0.316 e. The SMILES string of the molecule is Cc1nc(SC2CCNC2)n[nH]1. The summed E-state index contributed by atoms with van der Waals surface area (Å²) in [6, 6.07) is 0. The number of thioether (sulfide) groups is 1. The van der Waals surface area contributed by atoms with Crippen LogP contribution in [0.3, 0.4) is 0 Å². The third-order valence-corrected chi connectivity index (χ3v) is 2.99. The van der Waals surface area contributed by atoms with Crippen LogP contribution in [0.4, 0.5) is 0 Å². The molecule has 1 aromatic heterocycles. The van der Waals surface area contributed by atoms with E-state index in [1.54, 1.807) is 11.8 Å². The lowest BCUT2D eigenvalue weighted by Gasteiger charge is -2.01. The lowest BCUT2D eigenvalue weighted by atomic mass is 10.4. The first-order valence-electron chi connectivity index (χ1n) is 4.11. The number of aryl methyl sites for hydroxylation is 1. The van der Waals surface area contributed by atoms with E-state index in [0.29, 0.717) is 5.25 Å². The standard InChI is InChI=1S/C7H12N4S/c1-5-9-7(11-10-5)12-6-2-3-8-4-6/h6,8H,2-4H2,1H3,(H,9,10,11). The van der Waals surface area contributed by atoms with Crippen LogP contribution in [0.2, 0.25) is 0 Å². The van der Waals surface area contributed by atoms with Crippen molar-refractivity contribution in [3.8, 4) is 0 Å². The molecule has 4 nitrogen and oxygen atoms in total. The molecule has 1 aliphatic heterocycles. The van der Waals surface area contributed by atoms with E-state index in [2.05, 4.69) is 20.5 Å². The maximum Gasteiger partial charge on any atom is 0.208 e. The van der Waals surface area contributed by atoms with Crippen LogP contribution in [-0.4, -0.2) is 33.5 Å². The zero-order chi connectivity index (χ0) is 8.39. The normalized spacial score (nSPS) is 23.2. The summed E-state index contributed by atoms with van der Waals surface area (Å²) in [4.78, 5) is 4.24. The van der Waals surface area contributed by atoms with E-state index >= 15 is 0 Å². The lowest BCUT2D eigenvalue weighted by molar-refractivity contribution is 0.858. The fourth-order valence-corrected chi connectivity index (χ4v) is 2.28. The summed E-state index contributed by atoms with van der Waals surface area (Å²) in [6.07, 6.45) is 1.22. The zero-order valence-corrected chi connectivity index (χ0v) is 7.82. The molecule has 0 amide bonds. The Bertz CT molecular complexity index is 254. The molecule has 0 spiro atoms. The van der Waals surface area contributed by atoms with Crippen molar-refractivity contribution in [3.63, 3.8) is 0 Å². The highest BCUT2D eigenvalue weighted by molar-refractivity contribution is 7.99. The molecular formula is C7H12N4S. The summed E-state index contributed by atoms with van der Waals surface area (Å²) < 4.78 is 0. The molecule has 1 unspecified atom stereocenters. The minimum absolute atomic E-state index is 0.653. The number of H-pyrrole nitrogens is 1. The summed E-state index contributed by atoms with van der Waals surface area (Å²) >= 11 is 1.76. The smallest absolute Gasteiger partial charge is 0.208 e. The van der Waals surface area contributed by atoms with Gasteiger partial charge in [0.25, 0.3) is 0 Å². The highest BCUT2D eigenvalue weighted by Crippen LogP contribution is 2.23. The van der Waals surface area contributed by atoms with Crippen molar-refractivity contribution in [1.29, 1.82) is 0 Å². The molecule has 0 saturated carbocycles. The monoisotopic (exact) mass is 184 g/mol. The van der Waals surface area contributed by atoms with E-state index in [9.17, 15) is 0 Å². The maximum atomic E-state index is 4.24. The predicted octanol–water partition coefficient (Wildman–Crippen LogP) is 0.567. The number of hydrogen-bond donors (Lipinski definition) is 2. The van der Waals surface area contributed by atoms with Gasteiger partial charge in [-0.2, -0.15) is 0 Å². The number of aromatic amines is 1. The Hall–Kier alpha value is -0.550. The Labute approximate surface area is 75.5 Å². The average Bonchev–Trinajstić information content (AvgIpc) is 2.63. The molecule has 0 bridgehead atoms. The van der Waals surface area contributed by atoms with Crippen LogP contribution < -0.4 is 5.32 Å². The van der Waals surface area contributed by atoms with E-state index in [0.717, 1.165) is 24.1 Å². The number of aromatic nitrogens is 3. The van der Waals surface area contributed by atoms with Gasteiger partial charge in [0.2, 0.25) is 5.16 Å². The van der Waals surface area contributed by atoms with Crippen molar-refractivity contribution >= 4 is 11.8 Å². The van der Waals surface area contributed by atoms with E-state index in [1.165, 1.54) is 6.42 Å². The largest absolute Gasteiger partial charge is 0.316 e. The fraction of sp³-hybridized carbons (Fsp3) is 0.714. The van der Waals surface area contributed by atoms with Gasteiger partial charge in [0, 0.05) is 11.8 Å². The molecule has 66 valence electrons. The van der Waals surface area contributed by atoms with E-state index in [-0.39, 0.29) is 0 Å². The second-order valence-corrected chi connectivity index (χ2v) is 4.20. The van der Waals surface area contributed by atoms with Gasteiger partial charge < -0.3 is 5.32 Å². The third kappa shape index (κ3) is 1.78. The first-order chi connectivity index (χ1) is 5.84. The maximum absolute atomic E-state index is 4.24. The lowest BCUT2D eigenvalue weighted by Crippen LogP contribution is -2.10. The van der Waals surface area contributed by atoms with Gasteiger partial charge >= 0.3 is 0 Å². The average molecular weight is 184 g/mol. The van der Waals surface area contributed by atoms with Crippen molar-refractivity contribution < 1.29 is 0 Å². The van der Waals surface area contributed by atoms with Crippen molar-refractivity contribution in [1.82, 2.24) is 20.5 Å². The Morgan fingerprint density at radius 2 is 2.50 bits per heavy atom. The number of rotatable bonds is 2. The molecule has 1 atom stereocenters. The first-order valence-corrected chi connectivity index (χ1v) is 4.99. The van der Waals surface area contributed by atoms with E-state index < -0.39 is 0 Å². The number of hydrogen-bond acceptors (Lipinski definition) is 4. The van der Waals surface area contributed by atoms with Crippen LogP contribution in [0.1, 0.15) is 12.2 Å². The van der Waals surface area contributed by atoms with Gasteiger partial charge in [-0.3, -0.25) is 5.10 Å². The summed E-state index contributed by atoms with van der Waals surface area (Å²) in [5, 5.41) is 11.8. The molecule has 2 N–H and O–H groups in total. The van der Waals surface area contributed by atoms with Gasteiger partial charge in [0.1, 0.15) is 5.82 Å². The minimum atomic E-state index is 0.653. The Morgan fingerprint density at radius 3 is 3.08 bits per heavy atom. The highest BCUT2D eigenvalue weighted by Gasteiger charge is 2.17. The van der Waals surface area contributed by atoms with Crippen molar-refractivity contribution in [2.24, 2.45) is 0 Å². The molecule has 0 radical (unpaired) electrons. The first kappa shape index (κ1) is 8.07. The molecular weight excluding hydrogens is 172 g/mol. The van der Waals surface area contributed by atoms with Crippen LogP contribution in [0.25, 0.3) is 0 Å².